The number of amides is 1. The van der Waals surface area contributed by atoms with Crippen molar-refractivity contribution in [3.8, 4) is 5.75 Å². The Morgan fingerprint density at radius 1 is 1.22 bits per heavy atom. The van der Waals surface area contributed by atoms with Crippen LogP contribution in [0.1, 0.15) is 40.9 Å². The van der Waals surface area contributed by atoms with Gasteiger partial charge in [0.25, 0.3) is 5.91 Å². The van der Waals surface area contributed by atoms with Gasteiger partial charge in [0.1, 0.15) is 5.75 Å². The molecule has 32 heavy (non-hydrogen) atoms. The molecule has 166 valence electrons. The Kier molecular flexibility index (Phi) is 6.29. The Hall–Kier alpha value is -3.17. The van der Waals surface area contributed by atoms with Crippen LogP contribution in [-0.2, 0) is 10.0 Å². The van der Waals surface area contributed by atoms with Crippen molar-refractivity contribution in [2.45, 2.75) is 19.4 Å². The fourth-order valence-corrected chi connectivity index (χ4v) is 4.84. The van der Waals surface area contributed by atoms with Gasteiger partial charge < -0.3 is 4.74 Å². The summed E-state index contributed by atoms with van der Waals surface area (Å²) in [5, 5.41) is 9.85. The molecule has 1 atom stereocenters. The number of rotatable bonds is 7. The van der Waals surface area contributed by atoms with Gasteiger partial charge in [-0.15, -0.1) is 0 Å². The van der Waals surface area contributed by atoms with Gasteiger partial charge in [-0.05, 0) is 42.1 Å². The SMILES string of the molecule is CCOc1ccccc1[C@H]1CC(c2cccc(NS(C)(=O)=O)c2)=NN1C(=O)c1ccsc1. The first kappa shape index (κ1) is 22.0. The van der Waals surface area contributed by atoms with E-state index < -0.39 is 10.0 Å². The van der Waals surface area contributed by atoms with Gasteiger partial charge >= 0.3 is 0 Å². The Labute approximate surface area is 191 Å². The maximum absolute atomic E-state index is 13.3. The first-order valence-corrected chi connectivity index (χ1v) is 12.9. The second-order valence-corrected chi connectivity index (χ2v) is 9.88. The minimum absolute atomic E-state index is 0.192. The molecule has 3 aromatic rings. The number of para-hydroxylation sites is 1. The number of anilines is 1. The Bertz CT molecular complexity index is 1250. The van der Waals surface area contributed by atoms with Crippen molar-refractivity contribution < 1.29 is 17.9 Å². The average Bonchev–Trinajstić information content (AvgIpc) is 3.43. The molecule has 0 aliphatic carbocycles. The van der Waals surface area contributed by atoms with Crippen molar-refractivity contribution in [1.29, 1.82) is 0 Å². The van der Waals surface area contributed by atoms with E-state index >= 15 is 0 Å². The highest BCUT2D eigenvalue weighted by Crippen LogP contribution is 2.38. The summed E-state index contributed by atoms with van der Waals surface area (Å²) in [4.78, 5) is 13.3. The molecule has 0 bridgehead atoms. The van der Waals surface area contributed by atoms with Crippen molar-refractivity contribution in [2.75, 3.05) is 17.6 Å². The van der Waals surface area contributed by atoms with Crippen molar-refractivity contribution >= 4 is 38.7 Å². The second-order valence-electron chi connectivity index (χ2n) is 7.35. The zero-order chi connectivity index (χ0) is 22.7. The van der Waals surface area contributed by atoms with Crippen LogP contribution in [0.2, 0.25) is 0 Å². The van der Waals surface area contributed by atoms with Crippen LogP contribution < -0.4 is 9.46 Å². The normalized spacial score (nSPS) is 16.0. The van der Waals surface area contributed by atoms with Crippen LogP contribution in [0, 0.1) is 0 Å². The fraction of sp³-hybridized carbons (Fsp3) is 0.217. The van der Waals surface area contributed by atoms with Crippen LogP contribution >= 0.6 is 11.3 Å². The van der Waals surface area contributed by atoms with E-state index in [1.54, 1.807) is 29.6 Å². The van der Waals surface area contributed by atoms with E-state index in [0.717, 1.165) is 17.4 Å². The minimum atomic E-state index is -3.41. The van der Waals surface area contributed by atoms with Gasteiger partial charge in [-0.3, -0.25) is 9.52 Å². The summed E-state index contributed by atoms with van der Waals surface area (Å²) in [5.74, 6) is 0.523. The average molecular weight is 470 g/mol. The summed E-state index contributed by atoms with van der Waals surface area (Å²) in [6, 6.07) is 16.1. The summed E-state index contributed by atoms with van der Waals surface area (Å²) in [6.45, 7) is 2.43. The van der Waals surface area contributed by atoms with E-state index in [9.17, 15) is 13.2 Å². The molecular formula is C23H23N3O4S2. The molecule has 1 aliphatic rings. The predicted molar refractivity (Wildman–Crippen MR) is 127 cm³/mol. The van der Waals surface area contributed by atoms with Crippen LogP contribution in [0.25, 0.3) is 0 Å². The molecule has 2 heterocycles. The molecule has 0 radical (unpaired) electrons. The molecular weight excluding hydrogens is 446 g/mol. The van der Waals surface area contributed by atoms with Crippen LogP contribution in [0.4, 0.5) is 5.69 Å². The maximum Gasteiger partial charge on any atom is 0.275 e. The number of thiophene rings is 1. The molecule has 4 rings (SSSR count). The minimum Gasteiger partial charge on any atom is -0.494 e. The summed E-state index contributed by atoms with van der Waals surface area (Å²) >= 11 is 1.45. The molecule has 0 unspecified atom stereocenters. The standard InChI is InChI=1S/C23H23N3O4S2/c1-3-30-22-10-5-4-9-19(22)21-14-20(24-26(21)23(27)17-11-12-31-15-17)16-7-6-8-18(13-16)25-32(2,28)29/h4-13,15,21,25H,3,14H2,1-2H3/t21-/m1/s1. The van der Waals surface area contributed by atoms with E-state index in [-0.39, 0.29) is 11.9 Å². The Morgan fingerprint density at radius 2 is 2.03 bits per heavy atom. The quantitative estimate of drug-likeness (QED) is 0.551. The van der Waals surface area contributed by atoms with Gasteiger partial charge in [0.05, 0.1) is 30.2 Å². The summed E-state index contributed by atoms with van der Waals surface area (Å²) in [6.07, 6.45) is 1.58. The lowest BCUT2D eigenvalue weighted by Gasteiger charge is -2.23. The lowest BCUT2D eigenvalue weighted by molar-refractivity contribution is 0.0709. The lowest BCUT2D eigenvalue weighted by atomic mass is 9.97. The summed E-state index contributed by atoms with van der Waals surface area (Å²) in [7, 11) is -3.41. The smallest absolute Gasteiger partial charge is 0.275 e. The lowest BCUT2D eigenvalue weighted by Crippen LogP contribution is -2.27. The third-order valence-electron chi connectivity index (χ3n) is 4.96. The monoisotopic (exact) mass is 469 g/mol. The molecule has 0 saturated heterocycles. The van der Waals surface area contributed by atoms with Crippen molar-refractivity contribution in [3.05, 3.63) is 82.0 Å². The number of carbonyl (C=O) groups is 1. The topological polar surface area (TPSA) is 88.1 Å². The van der Waals surface area contributed by atoms with Crippen molar-refractivity contribution in [2.24, 2.45) is 5.10 Å². The number of nitrogens with one attached hydrogen (secondary N) is 1. The molecule has 1 N–H and O–H groups in total. The highest BCUT2D eigenvalue weighted by molar-refractivity contribution is 7.92. The number of nitrogens with zero attached hydrogens (tertiary/aromatic N) is 2. The first-order chi connectivity index (χ1) is 15.4. The molecule has 2 aromatic carbocycles. The van der Waals surface area contributed by atoms with Gasteiger partial charge in [-0.2, -0.15) is 16.4 Å². The van der Waals surface area contributed by atoms with Crippen LogP contribution in [0.3, 0.4) is 0 Å². The van der Waals surface area contributed by atoms with Gasteiger partial charge in [-0.25, -0.2) is 13.4 Å². The van der Waals surface area contributed by atoms with Crippen molar-refractivity contribution in [3.63, 3.8) is 0 Å². The highest BCUT2D eigenvalue weighted by atomic mass is 32.2. The van der Waals surface area contributed by atoms with E-state index in [2.05, 4.69) is 9.82 Å². The number of carbonyl (C=O) groups excluding carboxylic acids is 1. The third-order valence-corrected chi connectivity index (χ3v) is 6.25. The molecule has 0 fully saturated rings. The highest BCUT2D eigenvalue weighted by Gasteiger charge is 2.35. The van der Waals surface area contributed by atoms with Gasteiger partial charge in [0, 0.05) is 23.1 Å². The maximum atomic E-state index is 13.3. The predicted octanol–water partition coefficient (Wildman–Crippen LogP) is 4.51. The number of hydrazone groups is 1. The van der Waals surface area contributed by atoms with Crippen LogP contribution in [0.15, 0.2) is 70.5 Å². The first-order valence-electron chi connectivity index (χ1n) is 10.1. The fourth-order valence-electron chi connectivity index (χ4n) is 3.65. The number of hydrogen-bond acceptors (Lipinski definition) is 6. The molecule has 9 heteroatoms. The van der Waals surface area contributed by atoms with E-state index in [0.29, 0.717) is 35.7 Å². The number of benzene rings is 2. The number of sulfonamides is 1. The molecule has 0 spiro atoms. The third kappa shape index (κ3) is 4.84. The zero-order valence-electron chi connectivity index (χ0n) is 17.7. The van der Waals surface area contributed by atoms with Crippen LogP contribution in [-0.4, -0.2) is 37.9 Å². The van der Waals surface area contributed by atoms with E-state index in [1.807, 2.05) is 42.6 Å². The molecule has 1 amide bonds. The molecule has 0 saturated carbocycles. The zero-order valence-corrected chi connectivity index (χ0v) is 19.3. The van der Waals surface area contributed by atoms with Gasteiger partial charge in [0.15, 0.2) is 0 Å². The van der Waals surface area contributed by atoms with Crippen LogP contribution in [0.5, 0.6) is 5.75 Å². The molecule has 1 aliphatic heterocycles. The van der Waals surface area contributed by atoms with Crippen molar-refractivity contribution in [1.82, 2.24) is 5.01 Å². The second kappa shape index (κ2) is 9.13. The largest absolute Gasteiger partial charge is 0.494 e. The van der Waals surface area contributed by atoms with Gasteiger partial charge in [0.2, 0.25) is 10.0 Å². The van der Waals surface area contributed by atoms with E-state index in [1.165, 1.54) is 16.3 Å². The number of ether oxygens (including phenoxy) is 1. The summed E-state index contributed by atoms with van der Waals surface area (Å²) in [5.41, 5.74) is 3.34. The molecule has 1 aromatic heterocycles. The summed E-state index contributed by atoms with van der Waals surface area (Å²) < 4.78 is 31.6. The Morgan fingerprint density at radius 3 is 2.75 bits per heavy atom. The number of hydrogen-bond donors (Lipinski definition) is 1. The molecule has 7 nitrogen and oxygen atoms in total. The Balaban J connectivity index is 1.74. The van der Waals surface area contributed by atoms with E-state index in [4.69, 9.17) is 4.74 Å². The van der Waals surface area contributed by atoms with Gasteiger partial charge in [-0.1, -0.05) is 30.3 Å².